The third kappa shape index (κ3) is 5.67. The Morgan fingerprint density at radius 3 is 1.74 bits per heavy atom. The standard InChI is InChI=1S/C64H53BN2O/c1-39(2)42-34-48(40(3)4)63(49(35-42)41(5)6)65-55-28-16-19-31-61(55)68-62-33-32-44(36-56(62)65)67-58-30-18-15-27-53(58)64(51-25-13-10-22-45(51)46-23-11-14-26-52(46)64)54-38-59-50(37-60(54)67)47-24-12-17-29-57(47)66(59)43-20-8-7-9-21-43/h7-41H,1-6H3. The minimum Gasteiger partial charge on any atom is -0.458 e. The topological polar surface area (TPSA) is 17.4 Å². The van der Waals surface area contributed by atoms with E-state index in [-0.39, 0.29) is 6.71 Å². The fraction of sp³-hybridized carbons (Fsp3) is 0.156. The van der Waals surface area contributed by atoms with Gasteiger partial charge < -0.3 is 14.2 Å². The molecule has 2 aliphatic heterocycles. The van der Waals surface area contributed by atoms with Crippen molar-refractivity contribution >= 4 is 62.0 Å². The molecule has 1 spiro atoms. The summed E-state index contributed by atoms with van der Waals surface area (Å²) in [6, 6.07) is 73.0. The zero-order valence-electron chi connectivity index (χ0n) is 39.6. The minimum atomic E-state index is -0.586. The van der Waals surface area contributed by atoms with Crippen LogP contribution in [0.1, 0.15) is 98.2 Å². The lowest BCUT2D eigenvalue weighted by Gasteiger charge is -2.45. The van der Waals surface area contributed by atoms with Crippen LogP contribution in [0.3, 0.4) is 0 Å². The van der Waals surface area contributed by atoms with E-state index < -0.39 is 5.41 Å². The second-order valence-corrected chi connectivity index (χ2v) is 20.1. The molecule has 3 nitrogen and oxygen atoms in total. The number of fused-ring (bicyclic) bond motifs is 14. The first-order valence-corrected chi connectivity index (χ1v) is 24.5. The van der Waals surface area contributed by atoms with Gasteiger partial charge in [-0.05, 0) is 139 Å². The van der Waals surface area contributed by atoms with Gasteiger partial charge in [-0.1, -0.05) is 180 Å². The van der Waals surface area contributed by atoms with Crippen LogP contribution in [0.2, 0.25) is 0 Å². The molecule has 0 saturated heterocycles. The van der Waals surface area contributed by atoms with Gasteiger partial charge in [-0.2, -0.15) is 0 Å². The number of nitrogens with zero attached hydrogens (tertiary/aromatic N) is 2. The number of hydrogen-bond acceptors (Lipinski definition) is 2. The largest absolute Gasteiger partial charge is 0.458 e. The van der Waals surface area contributed by atoms with Crippen molar-refractivity contribution in [1.82, 2.24) is 4.57 Å². The number of hydrogen-bond donors (Lipinski definition) is 0. The molecule has 0 radical (unpaired) electrons. The van der Waals surface area contributed by atoms with Crippen LogP contribution in [0.15, 0.2) is 194 Å². The minimum absolute atomic E-state index is 0.0309. The van der Waals surface area contributed by atoms with E-state index in [4.69, 9.17) is 4.74 Å². The lowest BCUT2D eigenvalue weighted by Crippen LogP contribution is -2.57. The van der Waals surface area contributed by atoms with E-state index in [9.17, 15) is 0 Å². The molecule has 0 fully saturated rings. The van der Waals surface area contributed by atoms with Crippen molar-refractivity contribution in [3.05, 3.63) is 233 Å². The smallest absolute Gasteiger partial charge is 0.251 e. The van der Waals surface area contributed by atoms with Crippen LogP contribution in [-0.4, -0.2) is 11.3 Å². The highest BCUT2D eigenvalue weighted by Crippen LogP contribution is 2.64. The Kier molecular flexibility index (Phi) is 9.12. The predicted octanol–water partition coefficient (Wildman–Crippen LogP) is 14.9. The average Bonchev–Trinajstić information content (AvgIpc) is 3.85. The molecule has 0 N–H and O–H groups in total. The van der Waals surface area contributed by atoms with Crippen LogP contribution in [0.25, 0.3) is 38.6 Å². The second-order valence-electron chi connectivity index (χ2n) is 20.1. The maximum absolute atomic E-state index is 6.96. The molecule has 4 heteroatoms. The summed E-state index contributed by atoms with van der Waals surface area (Å²) in [7, 11) is 0. The molecule has 0 unspecified atom stereocenters. The van der Waals surface area contributed by atoms with E-state index in [1.165, 1.54) is 99.6 Å². The van der Waals surface area contributed by atoms with E-state index in [0.717, 1.165) is 22.9 Å². The summed E-state index contributed by atoms with van der Waals surface area (Å²) < 4.78 is 9.43. The third-order valence-corrected chi connectivity index (χ3v) is 15.4. The predicted molar refractivity (Wildman–Crippen MR) is 286 cm³/mol. The van der Waals surface area contributed by atoms with Crippen LogP contribution >= 0.6 is 0 Å². The molecule has 1 aromatic heterocycles. The number of para-hydroxylation sites is 4. The van der Waals surface area contributed by atoms with Crippen LogP contribution in [0.5, 0.6) is 11.5 Å². The van der Waals surface area contributed by atoms with Gasteiger partial charge in [-0.15, -0.1) is 0 Å². The van der Waals surface area contributed by atoms with Gasteiger partial charge >= 0.3 is 0 Å². The summed E-state index contributed by atoms with van der Waals surface area (Å²) in [4.78, 5) is 2.57. The average molecular weight is 877 g/mol. The van der Waals surface area contributed by atoms with Crippen molar-refractivity contribution in [2.45, 2.75) is 64.7 Å². The first kappa shape index (κ1) is 40.7. The Hall–Kier alpha value is -7.56. The van der Waals surface area contributed by atoms with Gasteiger partial charge in [0.1, 0.15) is 11.5 Å². The van der Waals surface area contributed by atoms with Gasteiger partial charge in [0, 0.05) is 22.1 Å². The maximum Gasteiger partial charge on any atom is 0.251 e. The van der Waals surface area contributed by atoms with Crippen molar-refractivity contribution in [2.24, 2.45) is 0 Å². The van der Waals surface area contributed by atoms with Crippen molar-refractivity contribution in [3.8, 4) is 28.3 Å². The molecule has 0 amide bonds. The molecule has 68 heavy (non-hydrogen) atoms. The molecule has 3 heterocycles. The quantitative estimate of drug-likeness (QED) is 0.155. The number of benzene rings is 9. The van der Waals surface area contributed by atoms with Crippen LogP contribution in [0, 0.1) is 0 Å². The summed E-state index contributed by atoms with van der Waals surface area (Å²) in [5.41, 5.74) is 22.3. The van der Waals surface area contributed by atoms with E-state index in [2.05, 4.69) is 245 Å². The number of ether oxygens (including phenoxy) is 1. The first-order chi connectivity index (χ1) is 33.2. The molecule has 0 saturated carbocycles. The fourth-order valence-corrected chi connectivity index (χ4v) is 12.4. The molecule has 9 aromatic carbocycles. The van der Waals surface area contributed by atoms with E-state index in [1.807, 2.05) is 0 Å². The molecule has 10 aromatic rings. The normalized spacial score (nSPS) is 14.0. The third-order valence-electron chi connectivity index (χ3n) is 15.4. The van der Waals surface area contributed by atoms with Crippen molar-refractivity contribution in [1.29, 1.82) is 0 Å². The summed E-state index contributed by atoms with van der Waals surface area (Å²) in [6.45, 7) is 14.1. The number of rotatable bonds is 6. The maximum atomic E-state index is 6.96. The van der Waals surface area contributed by atoms with Gasteiger partial charge in [0.15, 0.2) is 0 Å². The summed E-state index contributed by atoms with van der Waals surface area (Å²) in [5, 5.41) is 2.46. The number of anilines is 3. The highest BCUT2D eigenvalue weighted by Gasteiger charge is 2.52. The van der Waals surface area contributed by atoms with E-state index in [0.29, 0.717) is 17.8 Å². The molecular weight excluding hydrogens is 824 g/mol. The Bertz CT molecular complexity index is 3600. The van der Waals surface area contributed by atoms with Crippen LogP contribution in [-0.2, 0) is 5.41 Å². The molecule has 328 valence electrons. The highest BCUT2D eigenvalue weighted by atomic mass is 16.5. The zero-order valence-corrected chi connectivity index (χ0v) is 39.6. The summed E-state index contributed by atoms with van der Waals surface area (Å²) in [5.74, 6) is 2.93. The Morgan fingerprint density at radius 2 is 1.03 bits per heavy atom. The van der Waals surface area contributed by atoms with Gasteiger partial charge in [-0.25, -0.2) is 0 Å². The zero-order chi connectivity index (χ0) is 46.0. The van der Waals surface area contributed by atoms with Gasteiger partial charge in [0.05, 0.1) is 27.8 Å². The Morgan fingerprint density at radius 1 is 0.426 bits per heavy atom. The first-order valence-electron chi connectivity index (χ1n) is 24.5. The lowest BCUT2D eigenvalue weighted by atomic mass is 9.34. The summed E-state index contributed by atoms with van der Waals surface area (Å²) >= 11 is 0. The molecule has 13 rings (SSSR count). The van der Waals surface area contributed by atoms with E-state index in [1.54, 1.807) is 0 Å². The van der Waals surface area contributed by atoms with Crippen molar-refractivity contribution in [2.75, 3.05) is 4.90 Å². The van der Waals surface area contributed by atoms with Gasteiger partial charge in [-0.3, -0.25) is 0 Å². The number of aromatic nitrogens is 1. The Labute approximate surface area is 400 Å². The van der Waals surface area contributed by atoms with Crippen molar-refractivity contribution < 1.29 is 4.74 Å². The van der Waals surface area contributed by atoms with Gasteiger partial charge in [0.2, 0.25) is 0 Å². The Balaban J connectivity index is 1.14. The fourth-order valence-electron chi connectivity index (χ4n) is 12.4. The lowest BCUT2D eigenvalue weighted by molar-refractivity contribution is 0.487. The van der Waals surface area contributed by atoms with Crippen LogP contribution in [0.4, 0.5) is 17.1 Å². The summed E-state index contributed by atoms with van der Waals surface area (Å²) in [6.07, 6.45) is 0. The molecule has 3 aliphatic rings. The highest BCUT2D eigenvalue weighted by molar-refractivity contribution is 6.97. The molecule has 1 aliphatic carbocycles. The van der Waals surface area contributed by atoms with Crippen LogP contribution < -0.4 is 26.0 Å². The molecular formula is C64H53BN2O. The SMILES string of the molecule is CC(C)c1cc(C(C)C)c(B2c3ccccc3Oc3ccc(N4c5ccccc5C5(c6ccccc6-c6ccccc65)c5cc6c(cc54)c4ccccc4n6-c4ccccc4)cc32)c(C(C)C)c1. The monoisotopic (exact) mass is 876 g/mol. The van der Waals surface area contributed by atoms with Crippen molar-refractivity contribution in [3.63, 3.8) is 0 Å². The van der Waals surface area contributed by atoms with E-state index >= 15 is 0 Å². The second kappa shape index (κ2) is 15.2. The molecule has 0 atom stereocenters. The molecule has 0 bridgehead atoms. The van der Waals surface area contributed by atoms with Gasteiger partial charge in [0.25, 0.3) is 6.71 Å².